The number of likely N-dealkylation sites (tertiary alicyclic amines) is 1. The summed E-state index contributed by atoms with van der Waals surface area (Å²) in [7, 11) is 1.63. The molecule has 0 unspecified atom stereocenters. The van der Waals surface area contributed by atoms with Crippen LogP contribution in [0.1, 0.15) is 18.4 Å². The van der Waals surface area contributed by atoms with E-state index in [0.29, 0.717) is 35.1 Å². The standard InChI is InChI=1S/C16H24Cl2N2O2.ClH/c1-21-7-8-22-16-14(17)9-12(10-15(16)18)4-6-20-5-2-3-13(19)11-20;/h9-10,13H,2-8,11,19H2,1H3;1H/t13-;/m1./s1. The van der Waals surface area contributed by atoms with E-state index in [1.165, 1.54) is 6.42 Å². The van der Waals surface area contributed by atoms with Crippen LogP contribution in [-0.2, 0) is 11.2 Å². The quantitative estimate of drug-likeness (QED) is 0.733. The van der Waals surface area contributed by atoms with Crippen LogP contribution < -0.4 is 10.5 Å². The highest BCUT2D eigenvalue weighted by Gasteiger charge is 2.17. The number of nitrogens with zero attached hydrogens (tertiary/aromatic N) is 1. The molecule has 0 bridgehead atoms. The lowest BCUT2D eigenvalue weighted by Crippen LogP contribution is -2.43. The molecule has 1 aliphatic rings. The summed E-state index contributed by atoms with van der Waals surface area (Å²) >= 11 is 12.5. The third kappa shape index (κ3) is 6.65. The minimum atomic E-state index is 0. The third-order valence-corrected chi connectivity index (χ3v) is 4.41. The molecule has 1 saturated heterocycles. The molecule has 2 N–H and O–H groups in total. The van der Waals surface area contributed by atoms with Gasteiger partial charge in [-0.05, 0) is 43.5 Å². The third-order valence-electron chi connectivity index (χ3n) is 3.85. The maximum absolute atomic E-state index is 6.27. The topological polar surface area (TPSA) is 47.7 Å². The fourth-order valence-electron chi connectivity index (χ4n) is 2.70. The van der Waals surface area contributed by atoms with E-state index in [4.69, 9.17) is 38.4 Å². The Labute approximate surface area is 154 Å². The molecule has 4 nitrogen and oxygen atoms in total. The molecule has 7 heteroatoms. The maximum Gasteiger partial charge on any atom is 0.156 e. The molecule has 1 atom stereocenters. The second kappa shape index (κ2) is 10.6. The van der Waals surface area contributed by atoms with Crippen LogP contribution in [0.5, 0.6) is 5.75 Å². The van der Waals surface area contributed by atoms with Crippen LogP contribution in [-0.4, -0.2) is 50.9 Å². The lowest BCUT2D eigenvalue weighted by atomic mass is 10.1. The summed E-state index contributed by atoms with van der Waals surface area (Å²) in [4.78, 5) is 2.40. The van der Waals surface area contributed by atoms with Crippen LogP contribution in [0.15, 0.2) is 12.1 Å². The Hall–Kier alpha value is -0.230. The maximum atomic E-state index is 6.27. The van der Waals surface area contributed by atoms with Crippen LogP contribution >= 0.6 is 35.6 Å². The summed E-state index contributed by atoms with van der Waals surface area (Å²) < 4.78 is 10.5. The fourth-order valence-corrected chi connectivity index (χ4v) is 3.34. The molecule has 23 heavy (non-hydrogen) atoms. The Balaban J connectivity index is 0.00000264. The molecule has 1 aromatic carbocycles. The summed E-state index contributed by atoms with van der Waals surface area (Å²) in [5.41, 5.74) is 7.13. The van der Waals surface area contributed by atoms with Gasteiger partial charge in [-0.1, -0.05) is 23.2 Å². The summed E-state index contributed by atoms with van der Waals surface area (Å²) in [5, 5.41) is 1.10. The Morgan fingerprint density at radius 3 is 2.57 bits per heavy atom. The second-order valence-electron chi connectivity index (χ2n) is 5.68. The van der Waals surface area contributed by atoms with Gasteiger partial charge in [0.15, 0.2) is 5.75 Å². The van der Waals surface area contributed by atoms with Crippen molar-refractivity contribution in [3.63, 3.8) is 0 Å². The van der Waals surface area contributed by atoms with E-state index in [0.717, 1.165) is 38.0 Å². The van der Waals surface area contributed by atoms with Gasteiger partial charge in [-0.2, -0.15) is 0 Å². The molecule has 132 valence electrons. The molecule has 1 aliphatic heterocycles. The number of rotatable bonds is 7. The smallest absolute Gasteiger partial charge is 0.156 e. The van der Waals surface area contributed by atoms with Gasteiger partial charge in [0.2, 0.25) is 0 Å². The lowest BCUT2D eigenvalue weighted by molar-refractivity contribution is 0.146. The second-order valence-corrected chi connectivity index (χ2v) is 6.50. The van der Waals surface area contributed by atoms with Crippen LogP contribution in [0.25, 0.3) is 0 Å². The summed E-state index contributed by atoms with van der Waals surface area (Å²) in [6.45, 7) is 4.00. The number of hydrogen-bond donors (Lipinski definition) is 1. The summed E-state index contributed by atoms with van der Waals surface area (Å²) in [5.74, 6) is 0.532. The molecule has 0 saturated carbocycles. The molecule has 0 radical (unpaired) electrons. The van der Waals surface area contributed by atoms with Crippen molar-refractivity contribution in [1.82, 2.24) is 4.90 Å². The predicted octanol–water partition coefficient (Wildman–Crippen LogP) is 3.41. The molecule has 1 heterocycles. The number of benzene rings is 1. The molecular formula is C16H25Cl3N2O2. The van der Waals surface area contributed by atoms with Crippen molar-refractivity contribution in [2.24, 2.45) is 5.73 Å². The zero-order valence-corrected chi connectivity index (χ0v) is 15.7. The van der Waals surface area contributed by atoms with Gasteiger partial charge in [0.05, 0.1) is 16.7 Å². The number of piperidine rings is 1. The number of halogens is 3. The predicted molar refractivity (Wildman–Crippen MR) is 98.4 cm³/mol. The molecule has 1 fully saturated rings. The Bertz CT molecular complexity index is 465. The van der Waals surface area contributed by atoms with Crippen molar-refractivity contribution in [2.75, 3.05) is 40.0 Å². The number of hydrogen-bond acceptors (Lipinski definition) is 4. The Morgan fingerprint density at radius 2 is 1.96 bits per heavy atom. The normalized spacial score (nSPS) is 18.5. The minimum absolute atomic E-state index is 0. The Kier molecular flexibility index (Phi) is 9.59. The van der Waals surface area contributed by atoms with Crippen LogP contribution in [0, 0.1) is 0 Å². The minimum Gasteiger partial charge on any atom is -0.488 e. The summed E-state index contributed by atoms with van der Waals surface area (Å²) in [6, 6.07) is 4.16. The van der Waals surface area contributed by atoms with Crippen molar-refractivity contribution >= 4 is 35.6 Å². The largest absolute Gasteiger partial charge is 0.488 e. The highest BCUT2D eigenvalue weighted by Crippen LogP contribution is 2.34. The van der Waals surface area contributed by atoms with Crippen LogP contribution in [0.4, 0.5) is 0 Å². The average Bonchev–Trinajstić information content (AvgIpc) is 2.48. The van der Waals surface area contributed by atoms with Crippen molar-refractivity contribution in [3.8, 4) is 5.75 Å². The van der Waals surface area contributed by atoms with Gasteiger partial charge in [-0.25, -0.2) is 0 Å². The van der Waals surface area contributed by atoms with Gasteiger partial charge >= 0.3 is 0 Å². The first-order valence-corrected chi connectivity index (χ1v) is 8.43. The lowest BCUT2D eigenvalue weighted by Gasteiger charge is -2.30. The van der Waals surface area contributed by atoms with Crippen LogP contribution in [0.3, 0.4) is 0 Å². The zero-order chi connectivity index (χ0) is 15.9. The molecule has 0 spiro atoms. The van der Waals surface area contributed by atoms with Crippen molar-refractivity contribution < 1.29 is 9.47 Å². The summed E-state index contributed by atoms with van der Waals surface area (Å²) in [6.07, 6.45) is 3.21. The van der Waals surface area contributed by atoms with E-state index in [1.807, 2.05) is 12.1 Å². The van der Waals surface area contributed by atoms with Crippen LogP contribution in [0.2, 0.25) is 10.0 Å². The van der Waals surface area contributed by atoms with Gasteiger partial charge in [-0.3, -0.25) is 0 Å². The molecule has 0 amide bonds. The highest BCUT2D eigenvalue weighted by atomic mass is 35.5. The van der Waals surface area contributed by atoms with Gasteiger partial charge < -0.3 is 20.1 Å². The van der Waals surface area contributed by atoms with E-state index < -0.39 is 0 Å². The molecule has 0 aliphatic carbocycles. The number of ether oxygens (including phenoxy) is 2. The van der Waals surface area contributed by atoms with E-state index in [2.05, 4.69) is 4.90 Å². The van der Waals surface area contributed by atoms with E-state index in [1.54, 1.807) is 7.11 Å². The average molecular weight is 384 g/mol. The van der Waals surface area contributed by atoms with Crippen molar-refractivity contribution in [3.05, 3.63) is 27.7 Å². The molecular weight excluding hydrogens is 359 g/mol. The first-order valence-electron chi connectivity index (χ1n) is 7.67. The van der Waals surface area contributed by atoms with Gasteiger partial charge in [0, 0.05) is 26.2 Å². The van der Waals surface area contributed by atoms with Gasteiger partial charge in [-0.15, -0.1) is 12.4 Å². The van der Waals surface area contributed by atoms with Crippen molar-refractivity contribution in [2.45, 2.75) is 25.3 Å². The monoisotopic (exact) mass is 382 g/mol. The van der Waals surface area contributed by atoms with E-state index >= 15 is 0 Å². The first kappa shape index (κ1) is 20.8. The number of methoxy groups -OCH3 is 1. The molecule has 1 aromatic rings. The Morgan fingerprint density at radius 1 is 1.26 bits per heavy atom. The molecule has 0 aromatic heterocycles. The van der Waals surface area contributed by atoms with Crippen molar-refractivity contribution in [1.29, 1.82) is 0 Å². The first-order chi connectivity index (χ1) is 10.6. The highest BCUT2D eigenvalue weighted by molar-refractivity contribution is 6.37. The SMILES string of the molecule is COCCOc1c(Cl)cc(CCN2CCC[C@@H](N)C2)cc1Cl.Cl. The fraction of sp³-hybridized carbons (Fsp3) is 0.625. The number of nitrogens with two attached hydrogens (primary N) is 1. The molecule has 2 rings (SSSR count). The van der Waals surface area contributed by atoms with E-state index in [-0.39, 0.29) is 12.4 Å². The van der Waals surface area contributed by atoms with E-state index in [9.17, 15) is 0 Å². The van der Waals surface area contributed by atoms with Gasteiger partial charge in [0.25, 0.3) is 0 Å². The zero-order valence-electron chi connectivity index (χ0n) is 13.4. The van der Waals surface area contributed by atoms with Gasteiger partial charge in [0.1, 0.15) is 6.61 Å².